The van der Waals surface area contributed by atoms with Crippen LogP contribution in [0.2, 0.25) is 0 Å². The van der Waals surface area contributed by atoms with Gasteiger partial charge in [-0.15, -0.1) is 0 Å². The first-order valence-electron chi connectivity index (χ1n) is 4.47. The Labute approximate surface area is 95.5 Å². The van der Waals surface area contributed by atoms with Crippen LogP contribution in [-0.4, -0.2) is 21.0 Å². The zero-order chi connectivity index (χ0) is 11.4. The summed E-state index contributed by atoms with van der Waals surface area (Å²) in [6.07, 6.45) is 3.02. The first-order valence-corrected chi connectivity index (χ1v) is 5.46. The number of thioether (sulfide) groups is 1. The van der Waals surface area contributed by atoms with E-state index in [1.807, 2.05) is 6.07 Å². The number of carbonyl (C=O) groups is 1. The zero-order valence-corrected chi connectivity index (χ0v) is 8.98. The maximum atomic E-state index is 10.7. The first-order chi connectivity index (χ1) is 7.75. The van der Waals surface area contributed by atoms with E-state index in [0.29, 0.717) is 10.9 Å². The van der Waals surface area contributed by atoms with E-state index in [9.17, 15) is 4.79 Å². The van der Waals surface area contributed by atoms with Gasteiger partial charge >= 0.3 is 5.97 Å². The molecule has 0 aromatic carbocycles. The van der Waals surface area contributed by atoms with E-state index in [2.05, 4.69) is 9.97 Å². The Bertz CT molecular complexity index is 485. The summed E-state index contributed by atoms with van der Waals surface area (Å²) in [7, 11) is 0. The van der Waals surface area contributed by atoms with Gasteiger partial charge in [0.05, 0.1) is 12.0 Å². The van der Waals surface area contributed by atoms with E-state index in [0.717, 1.165) is 5.76 Å². The number of carboxylic acid groups (broad SMARTS) is 1. The minimum absolute atomic E-state index is 0.00283. The lowest BCUT2D eigenvalue weighted by atomic mass is 10.4. The normalized spacial score (nSPS) is 10.2. The summed E-state index contributed by atoms with van der Waals surface area (Å²) >= 11 is 1.33. The van der Waals surface area contributed by atoms with Gasteiger partial charge < -0.3 is 9.52 Å². The maximum Gasteiger partial charge on any atom is 0.354 e. The monoisotopic (exact) mass is 236 g/mol. The molecule has 5 nitrogen and oxygen atoms in total. The second-order valence-corrected chi connectivity index (χ2v) is 3.84. The first kappa shape index (κ1) is 10.7. The molecule has 0 aliphatic rings. The molecule has 0 atom stereocenters. The van der Waals surface area contributed by atoms with Crippen LogP contribution in [0.1, 0.15) is 16.2 Å². The van der Waals surface area contributed by atoms with Crippen LogP contribution in [0, 0.1) is 0 Å². The molecule has 0 saturated carbocycles. The molecule has 2 rings (SSSR count). The lowest BCUT2D eigenvalue weighted by Crippen LogP contribution is -2.01. The highest BCUT2D eigenvalue weighted by Crippen LogP contribution is 2.19. The van der Waals surface area contributed by atoms with E-state index in [1.54, 1.807) is 12.3 Å². The van der Waals surface area contributed by atoms with Gasteiger partial charge in [-0.25, -0.2) is 14.8 Å². The highest BCUT2D eigenvalue weighted by atomic mass is 32.2. The molecule has 2 aromatic heterocycles. The smallest absolute Gasteiger partial charge is 0.354 e. The number of hydrogen-bond acceptors (Lipinski definition) is 5. The molecule has 1 N–H and O–H groups in total. The molecule has 82 valence electrons. The van der Waals surface area contributed by atoms with Gasteiger partial charge in [-0.05, 0) is 18.2 Å². The average molecular weight is 236 g/mol. The lowest BCUT2D eigenvalue weighted by molar-refractivity contribution is 0.0689. The number of furan rings is 1. The number of rotatable bonds is 4. The van der Waals surface area contributed by atoms with Gasteiger partial charge in [-0.1, -0.05) is 11.8 Å². The second-order valence-electron chi connectivity index (χ2n) is 2.90. The summed E-state index contributed by atoms with van der Waals surface area (Å²) in [5.41, 5.74) is -0.00283. The molecule has 0 aliphatic carbocycles. The van der Waals surface area contributed by atoms with Crippen molar-refractivity contribution >= 4 is 17.7 Å². The number of aromatic nitrogens is 2. The third-order valence-electron chi connectivity index (χ3n) is 1.78. The van der Waals surface area contributed by atoms with Crippen LogP contribution in [0.5, 0.6) is 0 Å². The molecule has 0 spiro atoms. The minimum Gasteiger partial charge on any atom is -0.477 e. The molecule has 2 heterocycles. The quantitative estimate of drug-likeness (QED) is 0.646. The minimum atomic E-state index is -1.05. The summed E-state index contributed by atoms with van der Waals surface area (Å²) in [5.74, 6) is 0.326. The molecule has 0 aliphatic heterocycles. The highest BCUT2D eigenvalue weighted by molar-refractivity contribution is 7.98. The van der Waals surface area contributed by atoms with Crippen molar-refractivity contribution in [3.05, 3.63) is 42.1 Å². The molecule has 0 fully saturated rings. The van der Waals surface area contributed by atoms with Crippen molar-refractivity contribution in [2.24, 2.45) is 0 Å². The number of aromatic carboxylic acids is 1. The third-order valence-corrected chi connectivity index (χ3v) is 2.66. The molecule has 0 saturated heterocycles. The summed E-state index contributed by atoms with van der Waals surface area (Å²) in [6, 6.07) is 5.00. The van der Waals surface area contributed by atoms with Gasteiger partial charge in [0.15, 0.2) is 10.9 Å². The average Bonchev–Trinajstić information content (AvgIpc) is 2.79. The Morgan fingerprint density at radius 1 is 1.50 bits per heavy atom. The third kappa shape index (κ3) is 2.60. The van der Waals surface area contributed by atoms with Crippen molar-refractivity contribution in [3.8, 4) is 0 Å². The van der Waals surface area contributed by atoms with Gasteiger partial charge in [0.2, 0.25) is 0 Å². The topological polar surface area (TPSA) is 76.2 Å². The van der Waals surface area contributed by atoms with Crippen molar-refractivity contribution in [2.45, 2.75) is 10.9 Å². The molecule has 0 unspecified atom stereocenters. The van der Waals surface area contributed by atoms with Crippen LogP contribution >= 0.6 is 11.8 Å². The van der Waals surface area contributed by atoms with Crippen LogP contribution in [-0.2, 0) is 5.75 Å². The highest BCUT2D eigenvalue weighted by Gasteiger charge is 2.07. The molecule has 6 heteroatoms. The van der Waals surface area contributed by atoms with Gasteiger partial charge in [-0.3, -0.25) is 0 Å². The molecular formula is C10H8N2O3S. The fourth-order valence-electron chi connectivity index (χ4n) is 1.06. The van der Waals surface area contributed by atoms with Crippen LogP contribution in [0.15, 0.2) is 40.2 Å². The van der Waals surface area contributed by atoms with E-state index in [4.69, 9.17) is 9.52 Å². The van der Waals surface area contributed by atoms with Gasteiger partial charge in [0.25, 0.3) is 0 Å². The second kappa shape index (κ2) is 4.80. The van der Waals surface area contributed by atoms with E-state index in [-0.39, 0.29) is 5.69 Å². The van der Waals surface area contributed by atoms with Crippen molar-refractivity contribution in [1.29, 1.82) is 0 Å². The molecule has 16 heavy (non-hydrogen) atoms. The van der Waals surface area contributed by atoms with Crippen molar-refractivity contribution < 1.29 is 14.3 Å². The standard InChI is InChI=1S/C10H8N2O3S/c13-9(14)8-3-4-11-10(12-8)16-6-7-2-1-5-15-7/h1-5H,6H2,(H,13,14). The fourth-order valence-corrected chi connectivity index (χ4v) is 1.79. The molecule has 0 radical (unpaired) electrons. The summed E-state index contributed by atoms with van der Waals surface area (Å²) in [5, 5.41) is 9.17. The SMILES string of the molecule is O=C(O)c1ccnc(SCc2ccco2)n1. The zero-order valence-electron chi connectivity index (χ0n) is 8.16. The Balaban J connectivity index is 2.04. The Hall–Kier alpha value is -1.82. The molecule has 0 amide bonds. The van der Waals surface area contributed by atoms with E-state index >= 15 is 0 Å². The van der Waals surface area contributed by atoms with E-state index < -0.39 is 5.97 Å². The predicted octanol–water partition coefficient (Wildman–Crippen LogP) is 2.06. The number of carboxylic acids is 1. The molecule has 2 aromatic rings. The van der Waals surface area contributed by atoms with Crippen molar-refractivity contribution in [3.63, 3.8) is 0 Å². The van der Waals surface area contributed by atoms with Crippen LogP contribution in [0.25, 0.3) is 0 Å². The van der Waals surface area contributed by atoms with E-state index in [1.165, 1.54) is 24.0 Å². The molecular weight excluding hydrogens is 228 g/mol. The summed E-state index contributed by atoms with van der Waals surface area (Å²) in [6.45, 7) is 0. The van der Waals surface area contributed by atoms with Gasteiger partial charge in [0.1, 0.15) is 5.76 Å². The Kier molecular flexibility index (Phi) is 3.21. The largest absolute Gasteiger partial charge is 0.477 e. The van der Waals surface area contributed by atoms with Crippen molar-refractivity contribution in [2.75, 3.05) is 0 Å². The van der Waals surface area contributed by atoms with Crippen LogP contribution in [0.4, 0.5) is 0 Å². The lowest BCUT2D eigenvalue weighted by Gasteiger charge is -1.98. The van der Waals surface area contributed by atoms with Crippen LogP contribution in [0.3, 0.4) is 0 Å². The Morgan fingerprint density at radius 3 is 3.06 bits per heavy atom. The maximum absolute atomic E-state index is 10.7. The number of nitrogens with zero attached hydrogens (tertiary/aromatic N) is 2. The van der Waals surface area contributed by atoms with Gasteiger partial charge in [-0.2, -0.15) is 0 Å². The summed E-state index contributed by atoms with van der Waals surface area (Å²) in [4.78, 5) is 18.5. The number of hydrogen-bond donors (Lipinski definition) is 1. The molecule has 0 bridgehead atoms. The van der Waals surface area contributed by atoms with Crippen LogP contribution < -0.4 is 0 Å². The van der Waals surface area contributed by atoms with Gasteiger partial charge in [0, 0.05) is 6.20 Å². The summed E-state index contributed by atoms with van der Waals surface area (Å²) < 4.78 is 5.14. The Morgan fingerprint density at radius 2 is 2.38 bits per heavy atom. The fraction of sp³-hybridized carbons (Fsp3) is 0.100. The predicted molar refractivity (Wildman–Crippen MR) is 57.3 cm³/mol. The van der Waals surface area contributed by atoms with Crippen molar-refractivity contribution in [1.82, 2.24) is 9.97 Å².